The number of carbonyl (C=O) groups excluding carboxylic acids is 2. The molecule has 0 spiro atoms. The second-order valence-corrected chi connectivity index (χ2v) is 6.85. The molecule has 1 aromatic rings. The van der Waals surface area contributed by atoms with Crippen LogP contribution in [0.3, 0.4) is 0 Å². The highest BCUT2D eigenvalue weighted by Crippen LogP contribution is 2.27. The number of hydrogen-bond acceptors (Lipinski definition) is 5. The molecule has 0 saturated heterocycles. The van der Waals surface area contributed by atoms with E-state index in [1.165, 1.54) is 0 Å². The summed E-state index contributed by atoms with van der Waals surface area (Å²) in [6.45, 7) is 10.8. The minimum Gasteiger partial charge on any atom is -0.493 e. The Morgan fingerprint density at radius 3 is 2.39 bits per heavy atom. The smallest absolute Gasteiger partial charge is 0.341 e. The number of benzene rings is 1. The molecule has 1 N–H and O–H groups in total. The number of unbranched alkanes of at least 4 members (excludes halogenated alkanes) is 2. The van der Waals surface area contributed by atoms with Crippen molar-refractivity contribution in [3.05, 3.63) is 23.8 Å². The lowest BCUT2D eigenvalue weighted by atomic mass is 9.96. The predicted octanol–water partition coefficient (Wildman–Crippen LogP) is 4.97. The second-order valence-electron chi connectivity index (χ2n) is 6.85. The van der Waals surface area contributed by atoms with Crippen molar-refractivity contribution in [3.63, 3.8) is 0 Å². The van der Waals surface area contributed by atoms with Crippen molar-refractivity contribution in [2.45, 2.75) is 72.3 Å². The number of anilines is 1. The van der Waals surface area contributed by atoms with E-state index in [9.17, 15) is 9.59 Å². The van der Waals surface area contributed by atoms with Gasteiger partial charge in [0.25, 0.3) is 5.91 Å². The van der Waals surface area contributed by atoms with Gasteiger partial charge in [-0.25, -0.2) is 4.79 Å². The minimum absolute atomic E-state index is 0.220. The first-order chi connectivity index (χ1) is 13.4. The highest BCUT2D eigenvalue weighted by molar-refractivity contribution is 5.99. The molecule has 1 rings (SSSR count). The molecule has 0 aliphatic heterocycles. The SMILES string of the molecule is CCCCCC(C)(OCC)C(=O)Nc1ccc(OCCC)c(C(=O)OCC)c1. The van der Waals surface area contributed by atoms with E-state index in [1.54, 1.807) is 25.1 Å². The number of ether oxygens (including phenoxy) is 3. The molecule has 1 atom stereocenters. The summed E-state index contributed by atoms with van der Waals surface area (Å²) in [7, 11) is 0. The van der Waals surface area contributed by atoms with Crippen molar-refractivity contribution >= 4 is 17.6 Å². The van der Waals surface area contributed by atoms with Gasteiger partial charge in [-0.3, -0.25) is 4.79 Å². The highest BCUT2D eigenvalue weighted by atomic mass is 16.5. The molecule has 0 saturated carbocycles. The maximum Gasteiger partial charge on any atom is 0.341 e. The highest BCUT2D eigenvalue weighted by Gasteiger charge is 2.33. The first-order valence-corrected chi connectivity index (χ1v) is 10.3. The van der Waals surface area contributed by atoms with Crippen molar-refractivity contribution in [2.24, 2.45) is 0 Å². The fourth-order valence-electron chi connectivity index (χ4n) is 2.86. The quantitative estimate of drug-likeness (QED) is 0.378. The summed E-state index contributed by atoms with van der Waals surface area (Å²) in [5.74, 6) is -0.239. The normalized spacial score (nSPS) is 12.9. The van der Waals surface area contributed by atoms with E-state index in [0.29, 0.717) is 36.6 Å². The number of hydrogen-bond donors (Lipinski definition) is 1. The molecular weight excluding hydrogens is 358 g/mol. The molecular formula is C22H35NO5. The number of nitrogens with one attached hydrogen (secondary N) is 1. The van der Waals surface area contributed by atoms with Crippen molar-refractivity contribution in [1.82, 2.24) is 0 Å². The average Bonchev–Trinajstić information content (AvgIpc) is 2.67. The zero-order valence-electron chi connectivity index (χ0n) is 17.9. The lowest BCUT2D eigenvalue weighted by Crippen LogP contribution is -2.42. The molecule has 6 nitrogen and oxygen atoms in total. The Morgan fingerprint density at radius 1 is 1.04 bits per heavy atom. The van der Waals surface area contributed by atoms with Crippen LogP contribution in [0.15, 0.2) is 18.2 Å². The van der Waals surface area contributed by atoms with Gasteiger partial charge < -0.3 is 19.5 Å². The lowest BCUT2D eigenvalue weighted by Gasteiger charge is -2.28. The van der Waals surface area contributed by atoms with Crippen molar-refractivity contribution < 1.29 is 23.8 Å². The third kappa shape index (κ3) is 7.15. The molecule has 0 aromatic heterocycles. The summed E-state index contributed by atoms with van der Waals surface area (Å²) < 4.78 is 16.5. The summed E-state index contributed by atoms with van der Waals surface area (Å²) in [6.07, 6.45) is 4.50. The molecule has 0 heterocycles. The molecule has 1 unspecified atom stereocenters. The molecule has 28 heavy (non-hydrogen) atoms. The predicted molar refractivity (Wildman–Crippen MR) is 111 cm³/mol. The first-order valence-electron chi connectivity index (χ1n) is 10.3. The first kappa shape index (κ1) is 24.0. The van der Waals surface area contributed by atoms with Gasteiger partial charge in [-0.15, -0.1) is 0 Å². The number of rotatable bonds is 13. The van der Waals surface area contributed by atoms with Gasteiger partial charge in [-0.2, -0.15) is 0 Å². The number of carbonyl (C=O) groups is 2. The van der Waals surface area contributed by atoms with Crippen LogP contribution in [0.2, 0.25) is 0 Å². The van der Waals surface area contributed by atoms with E-state index in [-0.39, 0.29) is 12.5 Å². The summed E-state index contributed by atoms with van der Waals surface area (Å²) >= 11 is 0. The third-order valence-corrected chi connectivity index (χ3v) is 4.40. The molecule has 0 aliphatic carbocycles. The Labute approximate surface area is 168 Å². The van der Waals surface area contributed by atoms with Gasteiger partial charge in [0, 0.05) is 12.3 Å². The van der Waals surface area contributed by atoms with E-state index in [4.69, 9.17) is 14.2 Å². The fraction of sp³-hybridized carbons (Fsp3) is 0.636. The van der Waals surface area contributed by atoms with Gasteiger partial charge >= 0.3 is 5.97 Å². The molecule has 0 fully saturated rings. The molecule has 0 radical (unpaired) electrons. The van der Waals surface area contributed by atoms with Crippen LogP contribution in [0.25, 0.3) is 0 Å². The van der Waals surface area contributed by atoms with E-state index in [1.807, 2.05) is 20.8 Å². The maximum atomic E-state index is 12.9. The van der Waals surface area contributed by atoms with Gasteiger partial charge in [0.2, 0.25) is 0 Å². The zero-order valence-corrected chi connectivity index (χ0v) is 17.9. The molecule has 158 valence electrons. The van der Waals surface area contributed by atoms with E-state index >= 15 is 0 Å². The standard InChI is InChI=1S/C22H35NO5/c1-6-10-11-14-22(5,28-9-4)21(25)23-17-12-13-19(27-15-7-2)18(16-17)20(24)26-8-3/h12-13,16H,6-11,14-15H2,1-5H3,(H,23,25). The Bertz CT molecular complexity index is 631. The Balaban J connectivity index is 3.02. The average molecular weight is 394 g/mol. The summed E-state index contributed by atoms with van der Waals surface area (Å²) in [4.78, 5) is 25.2. The molecule has 6 heteroatoms. The van der Waals surface area contributed by atoms with Gasteiger partial charge in [-0.05, 0) is 51.8 Å². The Morgan fingerprint density at radius 2 is 1.79 bits per heavy atom. The number of esters is 1. The topological polar surface area (TPSA) is 73.9 Å². The van der Waals surface area contributed by atoms with Gasteiger partial charge in [0.1, 0.15) is 16.9 Å². The lowest BCUT2D eigenvalue weighted by molar-refractivity contribution is -0.139. The fourth-order valence-corrected chi connectivity index (χ4v) is 2.86. The Hall–Kier alpha value is -2.08. The maximum absolute atomic E-state index is 12.9. The van der Waals surface area contributed by atoms with Crippen LogP contribution >= 0.6 is 0 Å². The molecule has 1 amide bonds. The number of amides is 1. The molecule has 1 aromatic carbocycles. The molecule has 0 aliphatic rings. The van der Waals surface area contributed by atoms with Crippen LogP contribution in [0.5, 0.6) is 5.75 Å². The van der Waals surface area contributed by atoms with Crippen LogP contribution < -0.4 is 10.1 Å². The van der Waals surface area contributed by atoms with Gasteiger partial charge in [-0.1, -0.05) is 33.1 Å². The van der Waals surface area contributed by atoms with Crippen LogP contribution in [0.4, 0.5) is 5.69 Å². The van der Waals surface area contributed by atoms with Crippen molar-refractivity contribution in [2.75, 3.05) is 25.1 Å². The summed E-state index contributed by atoms with van der Waals surface area (Å²) in [5, 5.41) is 2.89. The zero-order chi connectivity index (χ0) is 21.0. The van der Waals surface area contributed by atoms with Crippen LogP contribution in [-0.4, -0.2) is 37.3 Å². The summed E-state index contributed by atoms with van der Waals surface area (Å²) in [5.41, 5.74) is -0.0960. The van der Waals surface area contributed by atoms with Crippen molar-refractivity contribution in [3.8, 4) is 5.75 Å². The van der Waals surface area contributed by atoms with Crippen LogP contribution in [0.1, 0.15) is 77.1 Å². The third-order valence-electron chi connectivity index (χ3n) is 4.40. The largest absolute Gasteiger partial charge is 0.493 e. The van der Waals surface area contributed by atoms with Gasteiger partial charge in [0.15, 0.2) is 0 Å². The van der Waals surface area contributed by atoms with Crippen molar-refractivity contribution in [1.29, 1.82) is 0 Å². The van der Waals surface area contributed by atoms with Gasteiger partial charge in [0.05, 0.1) is 13.2 Å². The second kappa shape index (κ2) is 12.4. The minimum atomic E-state index is -0.911. The molecule has 0 bridgehead atoms. The van der Waals surface area contributed by atoms with E-state index in [2.05, 4.69) is 12.2 Å². The van der Waals surface area contributed by atoms with Crippen LogP contribution in [0, 0.1) is 0 Å². The Kier molecular flexibility index (Phi) is 10.6. The summed E-state index contributed by atoms with van der Waals surface area (Å²) in [6, 6.07) is 5.01. The monoisotopic (exact) mass is 393 g/mol. The van der Waals surface area contributed by atoms with E-state index < -0.39 is 11.6 Å². The van der Waals surface area contributed by atoms with E-state index in [0.717, 1.165) is 25.7 Å². The van der Waals surface area contributed by atoms with Crippen LogP contribution in [-0.2, 0) is 14.3 Å².